The van der Waals surface area contributed by atoms with E-state index in [1.165, 1.54) is 7.11 Å². The number of anilines is 1. The zero-order chi connectivity index (χ0) is 22.1. The van der Waals surface area contributed by atoms with E-state index in [0.29, 0.717) is 29.5 Å². The van der Waals surface area contributed by atoms with E-state index in [1.54, 1.807) is 18.2 Å². The largest absolute Gasteiger partial charge is 0.465 e. The van der Waals surface area contributed by atoms with E-state index in [2.05, 4.69) is 14.9 Å². The van der Waals surface area contributed by atoms with Crippen molar-refractivity contribution in [2.24, 2.45) is 5.92 Å². The van der Waals surface area contributed by atoms with Crippen LogP contribution in [0.4, 0.5) is 5.82 Å². The predicted molar refractivity (Wildman–Crippen MR) is 121 cm³/mol. The number of imidazole rings is 1. The molecule has 2 fully saturated rings. The van der Waals surface area contributed by atoms with E-state index in [9.17, 15) is 9.59 Å². The molecule has 3 aromatic rings. The van der Waals surface area contributed by atoms with Gasteiger partial charge in [-0.3, -0.25) is 4.79 Å². The highest BCUT2D eigenvalue weighted by atomic mass is 16.5. The first-order chi connectivity index (χ1) is 15.6. The quantitative estimate of drug-likeness (QED) is 0.635. The molecule has 1 unspecified atom stereocenters. The Hall–Kier alpha value is -3.42. The highest BCUT2D eigenvalue weighted by Gasteiger charge is 2.31. The van der Waals surface area contributed by atoms with Crippen molar-refractivity contribution in [2.75, 3.05) is 38.2 Å². The molecule has 2 saturated heterocycles. The minimum Gasteiger partial charge on any atom is -0.465 e. The number of esters is 1. The molecule has 0 saturated carbocycles. The molecule has 1 aromatic carbocycles. The molecule has 0 bridgehead atoms. The van der Waals surface area contributed by atoms with E-state index in [1.807, 2.05) is 23.1 Å². The molecule has 5 rings (SSSR count). The molecular formula is C24H27N5O3. The Morgan fingerprint density at radius 3 is 2.72 bits per heavy atom. The predicted octanol–water partition coefficient (Wildman–Crippen LogP) is 3.25. The van der Waals surface area contributed by atoms with Gasteiger partial charge in [0.1, 0.15) is 11.6 Å². The number of aromatic nitrogens is 3. The number of nitrogens with one attached hydrogen (secondary N) is 1. The number of amides is 1. The number of likely N-dealkylation sites (tertiary alicyclic amines) is 1. The van der Waals surface area contributed by atoms with Gasteiger partial charge in [0.25, 0.3) is 0 Å². The van der Waals surface area contributed by atoms with Crippen molar-refractivity contribution < 1.29 is 14.3 Å². The van der Waals surface area contributed by atoms with Crippen LogP contribution in [0.15, 0.2) is 36.4 Å². The van der Waals surface area contributed by atoms with E-state index in [4.69, 9.17) is 9.72 Å². The fourth-order valence-electron chi connectivity index (χ4n) is 4.69. The Morgan fingerprint density at radius 2 is 1.91 bits per heavy atom. The maximum absolute atomic E-state index is 12.9. The monoisotopic (exact) mass is 433 g/mol. The molecule has 1 N–H and O–H groups in total. The molecule has 1 atom stereocenters. The van der Waals surface area contributed by atoms with E-state index in [-0.39, 0.29) is 11.9 Å². The number of aromatic amines is 1. The summed E-state index contributed by atoms with van der Waals surface area (Å²) < 4.78 is 4.81. The fourth-order valence-corrected chi connectivity index (χ4v) is 4.69. The van der Waals surface area contributed by atoms with E-state index >= 15 is 0 Å². The number of H-pyrrole nitrogens is 1. The maximum atomic E-state index is 12.9. The van der Waals surface area contributed by atoms with Crippen molar-refractivity contribution in [1.29, 1.82) is 0 Å². The van der Waals surface area contributed by atoms with Crippen LogP contribution in [0, 0.1) is 5.92 Å². The zero-order valence-electron chi connectivity index (χ0n) is 18.2. The summed E-state index contributed by atoms with van der Waals surface area (Å²) in [5.74, 6) is 1.44. The third kappa shape index (κ3) is 3.92. The number of piperidine rings is 1. The van der Waals surface area contributed by atoms with Gasteiger partial charge in [0, 0.05) is 31.7 Å². The fraction of sp³-hybridized carbons (Fsp3) is 0.417. The number of carbonyl (C=O) groups is 2. The molecule has 1 amide bonds. The van der Waals surface area contributed by atoms with Crippen LogP contribution in [0.3, 0.4) is 0 Å². The lowest BCUT2D eigenvalue weighted by atomic mass is 9.96. The first-order valence-electron chi connectivity index (χ1n) is 11.2. The van der Waals surface area contributed by atoms with Gasteiger partial charge < -0.3 is 19.5 Å². The topological polar surface area (TPSA) is 91.4 Å². The Labute approximate surface area is 186 Å². The number of hydrogen-bond donors (Lipinski definition) is 1. The Morgan fingerprint density at radius 1 is 1.06 bits per heavy atom. The minimum atomic E-state index is -0.383. The second-order valence-electron chi connectivity index (χ2n) is 8.52. The maximum Gasteiger partial charge on any atom is 0.337 e. The second-order valence-corrected chi connectivity index (χ2v) is 8.52. The minimum absolute atomic E-state index is 0.0372. The summed E-state index contributed by atoms with van der Waals surface area (Å²) in [5, 5.41) is 0. The average Bonchev–Trinajstić information content (AvgIpc) is 3.53. The summed E-state index contributed by atoms with van der Waals surface area (Å²) in [6.07, 6.45) is 4.15. The van der Waals surface area contributed by atoms with Crippen molar-refractivity contribution in [2.45, 2.75) is 25.7 Å². The molecule has 8 nitrogen and oxygen atoms in total. The number of fused-ring (bicyclic) bond motifs is 1. The lowest BCUT2D eigenvalue weighted by Gasteiger charge is -2.34. The van der Waals surface area contributed by atoms with Crippen LogP contribution in [0.2, 0.25) is 0 Å². The summed E-state index contributed by atoms with van der Waals surface area (Å²) in [6.45, 7) is 3.38. The normalized spacial score (nSPS) is 18.8. The molecule has 2 aliphatic rings. The SMILES string of the molecule is COC(=O)c1cccc(-c2nc3nc(N4CCCC(C(=O)N5CCCC5)C4)ccc3[nH]2)c1. The molecule has 8 heteroatoms. The van der Waals surface area contributed by atoms with Gasteiger partial charge in [-0.15, -0.1) is 0 Å². The van der Waals surface area contributed by atoms with Crippen LogP contribution in [0.25, 0.3) is 22.6 Å². The number of rotatable bonds is 4. The van der Waals surface area contributed by atoms with Crippen LogP contribution in [-0.2, 0) is 9.53 Å². The van der Waals surface area contributed by atoms with Gasteiger partial charge in [0.2, 0.25) is 5.91 Å². The van der Waals surface area contributed by atoms with Crippen LogP contribution in [0.5, 0.6) is 0 Å². The van der Waals surface area contributed by atoms with Crippen molar-refractivity contribution in [3.8, 4) is 11.4 Å². The Balaban J connectivity index is 1.37. The summed E-state index contributed by atoms with van der Waals surface area (Å²) in [5.41, 5.74) is 2.71. The Bertz CT molecular complexity index is 1150. The highest BCUT2D eigenvalue weighted by molar-refractivity contribution is 5.91. The van der Waals surface area contributed by atoms with E-state index in [0.717, 1.165) is 62.2 Å². The number of ether oxygens (including phenoxy) is 1. The van der Waals surface area contributed by atoms with Gasteiger partial charge in [0.05, 0.1) is 24.1 Å². The van der Waals surface area contributed by atoms with Crippen molar-refractivity contribution in [3.63, 3.8) is 0 Å². The molecule has 0 radical (unpaired) electrons. The van der Waals surface area contributed by atoms with E-state index < -0.39 is 0 Å². The summed E-state index contributed by atoms with van der Waals surface area (Å²) in [7, 11) is 1.37. The second kappa shape index (κ2) is 8.61. The smallest absolute Gasteiger partial charge is 0.337 e. The number of hydrogen-bond acceptors (Lipinski definition) is 6. The van der Waals surface area contributed by atoms with Crippen molar-refractivity contribution in [1.82, 2.24) is 19.9 Å². The molecule has 0 spiro atoms. The van der Waals surface area contributed by atoms with Crippen LogP contribution in [-0.4, -0.2) is 65.0 Å². The molecule has 2 aromatic heterocycles. The first-order valence-corrected chi connectivity index (χ1v) is 11.2. The van der Waals surface area contributed by atoms with Gasteiger partial charge in [0.15, 0.2) is 5.65 Å². The highest BCUT2D eigenvalue weighted by Crippen LogP contribution is 2.27. The van der Waals surface area contributed by atoms with Gasteiger partial charge in [-0.05, 0) is 49.9 Å². The number of pyridine rings is 1. The summed E-state index contributed by atoms with van der Waals surface area (Å²) in [4.78, 5) is 41.7. The molecular weight excluding hydrogens is 406 g/mol. The molecule has 0 aliphatic carbocycles. The van der Waals surface area contributed by atoms with Gasteiger partial charge in [-0.1, -0.05) is 12.1 Å². The summed E-state index contributed by atoms with van der Waals surface area (Å²) in [6, 6.07) is 11.1. The van der Waals surface area contributed by atoms with Gasteiger partial charge in [-0.2, -0.15) is 0 Å². The van der Waals surface area contributed by atoms with Crippen LogP contribution < -0.4 is 4.90 Å². The molecule has 166 valence electrons. The third-order valence-corrected chi connectivity index (χ3v) is 6.40. The summed E-state index contributed by atoms with van der Waals surface area (Å²) >= 11 is 0. The Kier molecular flexibility index (Phi) is 5.51. The lowest BCUT2D eigenvalue weighted by molar-refractivity contribution is -0.134. The standard InChI is InChI=1S/C24H27N5O3/c1-32-24(31)17-7-4-6-16(14-17)21-25-19-9-10-20(26-22(19)27-21)29-13-5-8-18(15-29)23(30)28-11-2-3-12-28/h4,6-7,9-10,14,18H,2-3,5,8,11-13,15H2,1H3,(H,25,26,27). The molecule has 4 heterocycles. The van der Waals surface area contributed by atoms with Crippen LogP contribution >= 0.6 is 0 Å². The third-order valence-electron chi connectivity index (χ3n) is 6.40. The van der Waals surface area contributed by atoms with Gasteiger partial charge in [-0.25, -0.2) is 14.8 Å². The zero-order valence-corrected chi connectivity index (χ0v) is 18.2. The molecule has 32 heavy (non-hydrogen) atoms. The van der Waals surface area contributed by atoms with Crippen molar-refractivity contribution in [3.05, 3.63) is 42.0 Å². The van der Waals surface area contributed by atoms with Crippen LogP contribution in [0.1, 0.15) is 36.0 Å². The molecule has 2 aliphatic heterocycles. The number of methoxy groups -OCH3 is 1. The van der Waals surface area contributed by atoms with Gasteiger partial charge >= 0.3 is 5.97 Å². The van der Waals surface area contributed by atoms with Crippen molar-refractivity contribution >= 4 is 28.9 Å². The number of carbonyl (C=O) groups excluding carboxylic acids is 2. The average molecular weight is 434 g/mol. The first kappa shape index (κ1) is 20.5. The number of nitrogens with zero attached hydrogens (tertiary/aromatic N) is 4. The number of benzene rings is 1. The lowest BCUT2D eigenvalue weighted by Crippen LogP contribution is -2.44.